The molecule has 2 rings (SSSR count). The number of benzene rings is 2. The van der Waals surface area contributed by atoms with E-state index in [9.17, 15) is 14.9 Å². The first-order valence-electron chi connectivity index (χ1n) is 10.8. The Balaban J connectivity index is 2.05. The van der Waals surface area contributed by atoms with E-state index in [0.717, 1.165) is 24.2 Å². The van der Waals surface area contributed by atoms with Gasteiger partial charge in [0.05, 0.1) is 13.7 Å². The van der Waals surface area contributed by atoms with Gasteiger partial charge in [0.25, 0.3) is 5.91 Å². The van der Waals surface area contributed by atoms with Crippen LogP contribution in [0.15, 0.2) is 66.8 Å². The van der Waals surface area contributed by atoms with E-state index < -0.39 is 11.9 Å². The molecule has 0 spiro atoms. The maximum atomic E-state index is 12.3. The Morgan fingerprint density at radius 1 is 1.12 bits per heavy atom. The molecule has 0 saturated heterocycles. The zero-order valence-corrected chi connectivity index (χ0v) is 19.4. The van der Waals surface area contributed by atoms with Gasteiger partial charge < -0.3 is 19.5 Å². The van der Waals surface area contributed by atoms with E-state index in [1.165, 1.54) is 31.4 Å². The number of nitrogens with zero attached hydrogens (tertiary/aromatic N) is 1. The number of hydrogen-bond donors (Lipinski definition) is 1. The van der Waals surface area contributed by atoms with Crippen molar-refractivity contribution in [2.45, 2.75) is 19.8 Å². The van der Waals surface area contributed by atoms with Gasteiger partial charge in [-0.25, -0.2) is 4.79 Å². The maximum absolute atomic E-state index is 12.3. The summed E-state index contributed by atoms with van der Waals surface area (Å²) >= 11 is 0. The highest BCUT2D eigenvalue weighted by Gasteiger charge is 2.11. The van der Waals surface area contributed by atoms with Crippen molar-refractivity contribution in [2.24, 2.45) is 0 Å². The van der Waals surface area contributed by atoms with Crippen molar-refractivity contribution >= 4 is 24.0 Å². The summed E-state index contributed by atoms with van der Waals surface area (Å²) in [6.07, 6.45) is 7.97. The number of carbonyl (C=O) groups is 2. The van der Waals surface area contributed by atoms with E-state index in [2.05, 4.69) is 18.8 Å². The molecule has 0 atom stereocenters. The lowest BCUT2D eigenvalue weighted by molar-refractivity contribution is -0.129. The molecular formula is C27H28N2O5. The molecule has 7 heteroatoms. The first kappa shape index (κ1) is 25.9. The molecule has 0 aliphatic heterocycles. The average molecular weight is 461 g/mol. The quantitative estimate of drug-likeness (QED) is 0.123. The molecule has 0 heterocycles. The van der Waals surface area contributed by atoms with E-state index in [-0.39, 0.29) is 23.6 Å². The number of amides is 1. The van der Waals surface area contributed by atoms with Crippen molar-refractivity contribution in [2.75, 3.05) is 20.3 Å². The van der Waals surface area contributed by atoms with Crippen LogP contribution in [0.25, 0.3) is 12.2 Å². The Morgan fingerprint density at radius 3 is 2.50 bits per heavy atom. The Hall–Kier alpha value is -4.31. The molecule has 176 valence electrons. The second-order valence-electron chi connectivity index (χ2n) is 7.10. The summed E-state index contributed by atoms with van der Waals surface area (Å²) in [6, 6.07) is 14.0. The van der Waals surface area contributed by atoms with Crippen LogP contribution >= 0.6 is 0 Å². The summed E-state index contributed by atoms with van der Waals surface area (Å²) in [4.78, 5) is 24.3. The van der Waals surface area contributed by atoms with E-state index >= 15 is 0 Å². The fraction of sp³-hybridized carbons (Fsp3) is 0.222. The van der Waals surface area contributed by atoms with Gasteiger partial charge in [0.15, 0.2) is 11.5 Å². The Kier molecular flexibility index (Phi) is 10.7. The number of esters is 1. The lowest BCUT2D eigenvalue weighted by Gasteiger charge is -2.09. The molecule has 2 aromatic carbocycles. The zero-order valence-electron chi connectivity index (χ0n) is 19.4. The molecule has 7 nitrogen and oxygen atoms in total. The van der Waals surface area contributed by atoms with Gasteiger partial charge in [-0.2, -0.15) is 5.26 Å². The van der Waals surface area contributed by atoms with E-state index in [4.69, 9.17) is 14.2 Å². The number of unbranched alkanes of at least 4 members (excludes halogenated alkanes) is 1. The zero-order chi connectivity index (χ0) is 24.8. The largest absolute Gasteiger partial charge is 0.494 e. The van der Waals surface area contributed by atoms with Crippen molar-refractivity contribution in [3.05, 3.63) is 77.9 Å². The summed E-state index contributed by atoms with van der Waals surface area (Å²) in [7, 11) is 1.43. The number of methoxy groups -OCH3 is 1. The molecule has 2 aromatic rings. The van der Waals surface area contributed by atoms with E-state index in [0.29, 0.717) is 12.2 Å². The third kappa shape index (κ3) is 8.32. The van der Waals surface area contributed by atoms with Crippen LogP contribution in [0.2, 0.25) is 0 Å². The van der Waals surface area contributed by atoms with Crippen molar-refractivity contribution < 1.29 is 23.8 Å². The standard InChI is InChI=1S/C27H28N2O5/c1-4-6-16-33-23-11-7-20(8-12-23)10-14-26(30)34-24-13-9-21(18-25(24)32-3)17-22(19-28)27(31)29-15-5-2/h5,7-14,17-18H,2,4,6,15-16H2,1,3H3,(H,29,31). The molecule has 0 unspecified atom stereocenters. The van der Waals surface area contributed by atoms with Crippen LogP contribution in [-0.2, 0) is 9.59 Å². The SMILES string of the molecule is C=CCNC(=O)C(C#N)=Cc1ccc(OC(=O)C=Cc2ccc(OCCCC)cc2)c(OC)c1. The van der Waals surface area contributed by atoms with Gasteiger partial charge in [-0.15, -0.1) is 6.58 Å². The van der Waals surface area contributed by atoms with Crippen LogP contribution in [-0.4, -0.2) is 32.1 Å². The van der Waals surface area contributed by atoms with Crippen molar-refractivity contribution in [1.29, 1.82) is 5.26 Å². The van der Waals surface area contributed by atoms with Crippen LogP contribution in [0.5, 0.6) is 17.2 Å². The average Bonchev–Trinajstić information content (AvgIpc) is 2.86. The van der Waals surface area contributed by atoms with Crippen LogP contribution in [0.4, 0.5) is 0 Å². The molecule has 1 amide bonds. The van der Waals surface area contributed by atoms with E-state index in [1.54, 1.807) is 18.2 Å². The summed E-state index contributed by atoms with van der Waals surface area (Å²) < 4.78 is 16.3. The van der Waals surface area contributed by atoms with Crippen LogP contribution in [0.1, 0.15) is 30.9 Å². The van der Waals surface area contributed by atoms with Gasteiger partial charge in [0, 0.05) is 12.6 Å². The summed E-state index contributed by atoms with van der Waals surface area (Å²) in [5.74, 6) is 0.190. The highest BCUT2D eigenvalue weighted by molar-refractivity contribution is 6.01. The minimum absolute atomic E-state index is 0.0710. The first-order valence-corrected chi connectivity index (χ1v) is 10.8. The van der Waals surface area contributed by atoms with Crippen LogP contribution in [0, 0.1) is 11.3 Å². The molecule has 1 N–H and O–H groups in total. The van der Waals surface area contributed by atoms with Gasteiger partial charge in [-0.3, -0.25) is 4.79 Å². The molecule has 0 aromatic heterocycles. The summed E-state index contributed by atoms with van der Waals surface area (Å²) in [5.41, 5.74) is 1.29. The van der Waals surface area contributed by atoms with Crippen LogP contribution in [0.3, 0.4) is 0 Å². The minimum Gasteiger partial charge on any atom is -0.494 e. The van der Waals surface area contributed by atoms with Crippen molar-refractivity contribution in [3.8, 4) is 23.3 Å². The number of hydrogen-bond acceptors (Lipinski definition) is 6. The number of nitrogens with one attached hydrogen (secondary N) is 1. The van der Waals surface area contributed by atoms with Crippen LogP contribution < -0.4 is 19.5 Å². The number of carbonyl (C=O) groups excluding carboxylic acids is 2. The third-order valence-electron chi connectivity index (χ3n) is 4.54. The summed E-state index contributed by atoms with van der Waals surface area (Å²) in [5, 5.41) is 11.8. The Bertz CT molecular complexity index is 1090. The third-order valence-corrected chi connectivity index (χ3v) is 4.54. The predicted octanol–water partition coefficient (Wildman–Crippen LogP) is 4.70. The first-order chi connectivity index (χ1) is 16.5. The fourth-order valence-electron chi connectivity index (χ4n) is 2.75. The minimum atomic E-state index is -0.577. The highest BCUT2D eigenvalue weighted by atomic mass is 16.6. The Labute approximate surface area is 199 Å². The lowest BCUT2D eigenvalue weighted by Crippen LogP contribution is -2.24. The second kappa shape index (κ2) is 14.0. The molecule has 0 aliphatic rings. The highest BCUT2D eigenvalue weighted by Crippen LogP contribution is 2.29. The molecular weight excluding hydrogens is 432 g/mol. The van der Waals surface area contributed by atoms with E-state index in [1.807, 2.05) is 30.3 Å². The fourth-order valence-corrected chi connectivity index (χ4v) is 2.75. The molecule has 0 bridgehead atoms. The summed E-state index contributed by atoms with van der Waals surface area (Å²) in [6.45, 7) is 6.55. The number of rotatable bonds is 12. The van der Waals surface area contributed by atoms with Gasteiger partial charge >= 0.3 is 5.97 Å². The molecule has 34 heavy (non-hydrogen) atoms. The van der Waals surface area contributed by atoms with Gasteiger partial charge in [-0.05, 0) is 54.0 Å². The number of ether oxygens (including phenoxy) is 3. The smallest absolute Gasteiger partial charge is 0.336 e. The number of nitriles is 1. The molecule has 0 aliphatic carbocycles. The topological polar surface area (TPSA) is 97.7 Å². The molecule has 0 saturated carbocycles. The Morgan fingerprint density at radius 2 is 1.85 bits per heavy atom. The van der Waals surface area contributed by atoms with Crippen molar-refractivity contribution in [1.82, 2.24) is 5.32 Å². The lowest BCUT2D eigenvalue weighted by atomic mass is 10.1. The monoisotopic (exact) mass is 460 g/mol. The van der Waals surface area contributed by atoms with Crippen molar-refractivity contribution in [3.63, 3.8) is 0 Å². The van der Waals surface area contributed by atoms with Gasteiger partial charge in [0.2, 0.25) is 0 Å². The molecule has 0 fully saturated rings. The van der Waals surface area contributed by atoms with Gasteiger partial charge in [0.1, 0.15) is 17.4 Å². The second-order valence-corrected chi connectivity index (χ2v) is 7.10. The predicted molar refractivity (Wildman–Crippen MR) is 131 cm³/mol. The maximum Gasteiger partial charge on any atom is 0.336 e. The van der Waals surface area contributed by atoms with Gasteiger partial charge in [-0.1, -0.05) is 37.6 Å². The molecule has 0 radical (unpaired) electrons. The normalized spacial score (nSPS) is 10.9.